The van der Waals surface area contributed by atoms with Gasteiger partial charge in [0.1, 0.15) is 6.54 Å². The van der Waals surface area contributed by atoms with E-state index in [-0.39, 0.29) is 12.5 Å². The van der Waals surface area contributed by atoms with Crippen molar-refractivity contribution in [2.75, 3.05) is 26.7 Å². The van der Waals surface area contributed by atoms with Gasteiger partial charge in [-0.3, -0.25) is 4.79 Å². The summed E-state index contributed by atoms with van der Waals surface area (Å²) in [7, 11) is 1.28. The lowest BCUT2D eigenvalue weighted by atomic mass is 10.0. The third-order valence-corrected chi connectivity index (χ3v) is 2.58. The lowest BCUT2D eigenvalue weighted by molar-refractivity contribution is -0.131. The zero-order chi connectivity index (χ0) is 11.3. The molecule has 0 aromatic rings. The predicted octanol–water partition coefficient (Wildman–Crippen LogP) is 0.601. The fourth-order valence-corrected chi connectivity index (χ4v) is 1.75. The van der Waals surface area contributed by atoms with Crippen molar-refractivity contribution < 1.29 is 14.3 Å². The van der Waals surface area contributed by atoms with Crippen LogP contribution in [0.1, 0.15) is 19.8 Å². The number of carbonyl (C=O) groups is 2. The van der Waals surface area contributed by atoms with Crippen molar-refractivity contribution in [2.24, 2.45) is 5.92 Å². The maximum absolute atomic E-state index is 11.6. The van der Waals surface area contributed by atoms with Gasteiger partial charge >= 0.3 is 6.09 Å². The predicted molar refractivity (Wildman–Crippen MR) is 55.4 cm³/mol. The molecule has 1 atom stereocenters. The Morgan fingerprint density at radius 1 is 1.53 bits per heavy atom. The number of alkyl carbamates (subject to hydrolysis) is 1. The van der Waals surface area contributed by atoms with Crippen LogP contribution < -0.4 is 5.32 Å². The van der Waals surface area contributed by atoms with Gasteiger partial charge in [-0.15, -0.1) is 0 Å². The zero-order valence-electron chi connectivity index (χ0n) is 9.28. The van der Waals surface area contributed by atoms with Crippen molar-refractivity contribution in [1.82, 2.24) is 10.2 Å². The van der Waals surface area contributed by atoms with Gasteiger partial charge in [0.25, 0.3) is 0 Å². The monoisotopic (exact) mass is 214 g/mol. The van der Waals surface area contributed by atoms with Crippen molar-refractivity contribution in [1.29, 1.82) is 0 Å². The number of piperidine rings is 1. The number of nitrogens with zero attached hydrogens (tertiary/aromatic N) is 1. The topological polar surface area (TPSA) is 58.6 Å². The second-order valence-corrected chi connectivity index (χ2v) is 3.93. The zero-order valence-corrected chi connectivity index (χ0v) is 9.28. The number of likely N-dealkylation sites (tertiary alicyclic amines) is 1. The van der Waals surface area contributed by atoms with Gasteiger partial charge in [-0.2, -0.15) is 0 Å². The van der Waals surface area contributed by atoms with Crippen LogP contribution >= 0.6 is 0 Å². The molecular formula is C10H18N2O3. The fraction of sp³-hybridized carbons (Fsp3) is 0.800. The molecule has 1 N–H and O–H groups in total. The molecule has 0 bridgehead atoms. The molecular weight excluding hydrogens is 196 g/mol. The summed E-state index contributed by atoms with van der Waals surface area (Å²) >= 11 is 0. The van der Waals surface area contributed by atoms with E-state index in [1.165, 1.54) is 13.5 Å². The highest BCUT2D eigenvalue weighted by atomic mass is 16.5. The number of hydrogen-bond acceptors (Lipinski definition) is 3. The molecule has 1 aliphatic heterocycles. The average molecular weight is 214 g/mol. The Hall–Kier alpha value is -1.26. The third kappa shape index (κ3) is 3.77. The van der Waals surface area contributed by atoms with Gasteiger partial charge in [-0.05, 0) is 18.8 Å². The average Bonchev–Trinajstić information content (AvgIpc) is 2.25. The number of rotatable bonds is 2. The number of amides is 2. The molecule has 1 heterocycles. The summed E-state index contributed by atoms with van der Waals surface area (Å²) in [5, 5.41) is 2.39. The first-order valence-corrected chi connectivity index (χ1v) is 5.23. The lowest BCUT2D eigenvalue weighted by Crippen LogP contribution is -2.44. The molecule has 0 saturated carbocycles. The molecule has 5 nitrogen and oxygen atoms in total. The largest absolute Gasteiger partial charge is 0.453 e. The Bertz CT molecular complexity index is 243. The van der Waals surface area contributed by atoms with E-state index in [0.717, 1.165) is 19.5 Å². The molecule has 0 aromatic carbocycles. The number of carbonyl (C=O) groups excluding carboxylic acids is 2. The number of ether oxygens (including phenoxy) is 1. The minimum absolute atomic E-state index is 0.0272. The number of methoxy groups -OCH3 is 1. The summed E-state index contributed by atoms with van der Waals surface area (Å²) < 4.78 is 4.39. The first kappa shape index (κ1) is 11.8. The van der Waals surface area contributed by atoms with Gasteiger partial charge < -0.3 is 15.0 Å². The van der Waals surface area contributed by atoms with Crippen LogP contribution in [0.4, 0.5) is 4.79 Å². The summed E-state index contributed by atoms with van der Waals surface area (Å²) in [6.07, 6.45) is 1.66. The van der Waals surface area contributed by atoms with Crippen molar-refractivity contribution in [3.05, 3.63) is 0 Å². The molecule has 1 unspecified atom stereocenters. The quantitative estimate of drug-likeness (QED) is 0.732. The van der Waals surface area contributed by atoms with Crippen LogP contribution in [0.15, 0.2) is 0 Å². The van der Waals surface area contributed by atoms with E-state index in [2.05, 4.69) is 17.0 Å². The molecule has 5 heteroatoms. The SMILES string of the molecule is COC(=O)NCC(=O)N1CCCC(C)C1. The molecule has 0 aromatic heterocycles. The summed E-state index contributed by atoms with van der Waals surface area (Å²) in [5.41, 5.74) is 0. The van der Waals surface area contributed by atoms with Crippen LogP contribution in [0.5, 0.6) is 0 Å². The van der Waals surface area contributed by atoms with Crippen molar-refractivity contribution in [3.8, 4) is 0 Å². The second-order valence-electron chi connectivity index (χ2n) is 3.93. The molecule has 0 spiro atoms. The van der Waals surface area contributed by atoms with Crippen molar-refractivity contribution in [2.45, 2.75) is 19.8 Å². The number of nitrogens with one attached hydrogen (secondary N) is 1. The minimum atomic E-state index is -0.562. The summed E-state index contributed by atoms with van der Waals surface area (Å²) in [5.74, 6) is 0.521. The molecule has 86 valence electrons. The lowest BCUT2D eigenvalue weighted by Gasteiger charge is -2.30. The Kier molecular flexibility index (Phi) is 4.39. The van der Waals surface area contributed by atoms with E-state index in [0.29, 0.717) is 5.92 Å². The Morgan fingerprint density at radius 3 is 2.87 bits per heavy atom. The van der Waals surface area contributed by atoms with Gasteiger partial charge in [0.15, 0.2) is 0 Å². The van der Waals surface area contributed by atoms with Crippen LogP contribution in [-0.4, -0.2) is 43.6 Å². The van der Waals surface area contributed by atoms with Gasteiger partial charge in [-0.1, -0.05) is 6.92 Å². The van der Waals surface area contributed by atoms with Crippen LogP contribution in [0.3, 0.4) is 0 Å². The van der Waals surface area contributed by atoms with Gasteiger partial charge in [0.2, 0.25) is 5.91 Å². The highest BCUT2D eigenvalue weighted by Crippen LogP contribution is 2.14. The molecule has 1 fully saturated rings. The van der Waals surface area contributed by atoms with E-state index < -0.39 is 6.09 Å². The molecule has 1 aliphatic rings. The van der Waals surface area contributed by atoms with Crippen molar-refractivity contribution in [3.63, 3.8) is 0 Å². The first-order valence-electron chi connectivity index (χ1n) is 5.23. The maximum atomic E-state index is 11.6. The first-order chi connectivity index (χ1) is 7.13. The van der Waals surface area contributed by atoms with Crippen LogP contribution in [0.25, 0.3) is 0 Å². The Balaban J connectivity index is 2.30. The maximum Gasteiger partial charge on any atom is 0.407 e. The van der Waals surface area contributed by atoms with Crippen molar-refractivity contribution >= 4 is 12.0 Å². The molecule has 0 aliphatic carbocycles. The Morgan fingerprint density at radius 2 is 2.27 bits per heavy atom. The van der Waals surface area contributed by atoms with E-state index in [9.17, 15) is 9.59 Å². The van der Waals surface area contributed by atoms with Gasteiger partial charge in [-0.25, -0.2) is 4.79 Å². The third-order valence-electron chi connectivity index (χ3n) is 2.58. The molecule has 2 amide bonds. The summed E-state index contributed by atoms with van der Waals surface area (Å²) in [6.45, 7) is 3.75. The molecule has 0 radical (unpaired) electrons. The molecule has 1 saturated heterocycles. The normalized spacial score (nSPS) is 20.9. The van der Waals surface area contributed by atoms with E-state index in [4.69, 9.17) is 0 Å². The fourth-order valence-electron chi connectivity index (χ4n) is 1.75. The van der Waals surface area contributed by atoms with Gasteiger partial charge in [0, 0.05) is 13.1 Å². The molecule has 1 rings (SSSR count). The van der Waals surface area contributed by atoms with E-state index in [1.807, 2.05) is 0 Å². The highest BCUT2D eigenvalue weighted by Gasteiger charge is 2.20. The standard InChI is InChI=1S/C10H18N2O3/c1-8-4-3-5-12(7-8)9(13)6-11-10(14)15-2/h8H,3-7H2,1-2H3,(H,11,14). The summed E-state index contributed by atoms with van der Waals surface area (Å²) in [4.78, 5) is 24.2. The summed E-state index contributed by atoms with van der Waals surface area (Å²) in [6, 6.07) is 0. The second kappa shape index (κ2) is 5.58. The van der Waals surface area contributed by atoms with E-state index >= 15 is 0 Å². The Labute approximate surface area is 89.8 Å². The highest BCUT2D eigenvalue weighted by molar-refractivity contribution is 5.82. The molecule has 15 heavy (non-hydrogen) atoms. The van der Waals surface area contributed by atoms with Crippen LogP contribution in [0, 0.1) is 5.92 Å². The minimum Gasteiger partial charge on any atom is -0.453 e. The smallest absolute Gasteiger partial charge is 0.407 e. The number of hydrogen-bond donors (Lipinski definition) is 1. The van der Waals surface area contributed by atoms with Crippen LogP contribution in [0.2, 0.25) is 0 Å². The van der Waals surface area contributed by atoms with E-state index in [1.54, 1.807) is 4.90 Å². The van der Waals surface area contributed by atoms with Crippen LogP contribution in [-0.2, 0) is 9.53 Å². The van der Waals surface area contributed by atoms with Gasteiger partial charge in [0.05, 0.1) is 7.11 Å².